The minimum Gasteiger partial charge on any atom is -0.379 e. The van der Waals surface area contributed by atoms with Gasteiger partial charge >= 0.3 is 0 Å². The fraction of sp³-hybridized carbons (Fsp3) is 0.538. The van der Waals surface area contributed by atoms with Crippen molar-refractivity contribution >= 4 is 0 Å². The van der Waals surface area contributed by atoms with Crippen LogP contribution in [0.3, 0.4) is 0 Å². The Balaban J connectivity index is 2.34. The van der Waals surface area contributed by atoms with Crippen LogP contribution in [0.2, 0.25) is 0 Å². The van der Waals surface area contributed by atoms with Crippen molar-refractivity contribution in [3.05, 3.63) is 35.6 Å². The molecule has 2 atom stereocenters. The fourth-order valence-corrected chi connectivity index (χ4v) is 1.41. The number of ether oxygens (including phenoxy) is 2. The summed E-state index contributed by atoms with van der Waals surface area (Å²) >= 11 is 0. The predicted octanol–water partition coefficient (Wildman–Crippen LogP) is 2.27. The van der Waals surface area contributed by atoms with Gasteiger partial charge in [-0.1, -0.05) is 12.1 Å². The van der Waals surface area contributed by atoms with Crippen molar-refractivity contribution in [2.45, 2.75) is 26.0 Å². The fourth-order valence-electron chi connectivity index (χ4n) is 1.41. The van der Waals surface area contributed by atoms with Crippen LogP contribution in [0.1, 0.15) is 25.5 Å². The van der Waals surface area contributed by atoms with Crippen LogP contribution in [-0.4, -0.2) is 25.9 Å². The number of nitrogens with two attached hydrogens (primary N) is 1. The van der Waals surface area contributed by atoms with Crippen LogP contribution in [0.25, 0.3) is 0 Å². The van der Waals surface area contributed by atoms with Gasteiger partial charge in [-0.15, -0.1) is 0 Å². The van der Waals surface area contributed by atoms with Gasteiger partial charge in [0.1, 0.15) is 5.82 Å². The molecule has 4 heteroatoms. The molecular formula is C13H20FNO2. The van der Waals surface area contributed by atoms with Crippen LogP contribution >= 0.6 is 0 Å². The van der Waals surface area contributed by atoms with Gasteiger partial charge in [-0.2, -0.15) is 0 Å². The molecule has 1 aromatic rings. The van der Waals surface area contributed by atoms with Gasteiger partial charge < -0.3 is 15.2 Å². The maximum absolute atomic E-state index is 12.7. The van der Waals surface area contributed by atoms with Gasteiger partial charge in [0.2, 0.25) is 0 Å². The third kappa shape index (κ3) is 5.26. The Morgan fingerprint density at radius 2 is 1.88 bits per heavy atom. The van der Waals surface area contributed by atoms with E-state index in [1.54, 1.807) is 12.1 Å². The third-order valence-corrected chi connectivity index (χ3v) is 2.42. The molecule has 1 rings (SSSR count). The minimum atomic E-state index is -0.258. The first kappa shape index (κ1) is 14.1. The van der Waals surface area contributed by atoms with Gasteiger partial charge in [0, 0.05) is 6.61 Å². The Hall–Kier alpha value is -0.970. The Kier molecular flexibility index (Phi) is 6.11. The Morgan fingerprint density at radius 3 is 2.47 bits per heavy atom. The molecule has 0 fully saturated rings. The quantitative estimate of drug-likeness (QED) is 0.796. The number of rotatable bonds is 7. The summed E-state index contributed by atoms with van der Waals surface area (Å²) in [5.74, 6) is -0.258. The van der Waals surface area contributed by atoms with Gasteiger partial charge in [-0.25, -0.2) is 4.39 Å². The molecule has 0 amide bonds. The number of halogens is 1. The van der Waals surface area contributed by atoms with Crippen molar-refractivity contribution in [3.63, 3.8) is 0 Å². The van der Waals surface area contributed by atoms with E-state index < -0.39 is 0 Å². The maximum atomic E-state index is 12.7. The van der Waals surface area contributed by atoms with Gasteiger partial charge in [-0.05, 0) is 31.5 Å². The Morgan fingerprint density at radius 1 is 1.24 bits per heavy atom. The molecule has 0 radical (unpaired) electrons. The molecule has 17 heavy (non-hydrogen) atoms. The van der Waals surface area contributed by atoms with Crippen molar-refractivity contribution in [2.75, 3.05) is 19.8 Å². The molecule has 0 aliphatic heterocycles. The van der Waals surface area contributed by atoms with Crippen LogP contribution in [-0.2, 0) is 9.47 Å². The summed E-state index contributed by atoms with van der Waals surface area (Å²) in [7, 11) is 0. The number of hydrogen-bond donors (Lipinski definition) is 1. The highest BCUT2D eigenvalue weighted by atomic mass is 19.1. The summed E-state index contributed by atoms with van der Waals surface area (Å²) < 4.78 is 23.5. The molecule has 0 aromatic heterocycles. The molecule has 2 unspecified atom stereocenters. The van der Waals surface area contributed by atoms with Gasteiger partial charge in [0.05, 0.1) is 25.4 Å². The van der Waals surface area contributed by atoms with Gasteiger partial charge in [0.15, 0.2) is 0 Å². The average molecular weight is 241 g/mol. The topological polar surface area (TPSA) is 44.5 Å². The maximum Gasteiger partial charge on any atom is 0.123 e. The van der Waals surface area contributed by atoms with Crippen molar-refractivity contribution in [1.82, 2.24) is 0 Å². The zero-order chi connectivity index (χ0) is 12.7. The highest BCUT2D eigenvalue weighted by Gasteiger charge is 2.09. The molecule has 0 spiro atoms. The highest BCUT2D eigenvalue weighted by Crippen LogP contribution is 2.12. The number of benzene rings is 1. The van der Waals surface area contributed by atoms with E-state index in [0.717, 1.165) is 5.56 Å². The molecule has 3 nitrogen and oxygen atoms in total. The lowest BCUT2D eigenvalue weighted by molar-refractivity contribution is -0.00836. The van der Waals surface area contributed by atoms with Crippen molar-refractivity contribution in [2.24, 2.45) is 5.73 Å². The molecule has 0 bridgehead atoms. The third-order valence-electron chi connectivity index (χ3n) is 2.42. The molecule has 2 N–H and O–H groups in total. The van der Waals surface area contributed by atoms with Crippen molar-refractivity contribution < 1.29 is 13.9 Å². The second-order valence-corrected chi connectivity index (χ2v) is 3.96. The first-order valence-corrected chi connectivity index (χ1v) is 5.84. The molecular weight excluding hydrogens is 221 g/mol. The lowest BCUT2D eigenvalue weighted by Gasteiger charge is -2.17. The van der Waals surface area contributed by atoms with Crippen LogP contribution in [0.5, 0.6) is 0 Å². The zero-order valence-corrected chi connectivity index (χ0v) is 10.4. The number of hydrogen-bond acceptors (Lipinski definition) is 3. The summed E-state index contributed by atoms with van der Waals surface area (Å²) in [6.45, 7) is 5.52. The smallest absolute Gasteiger partial charge is 0.123 e. The van der Waals surface area contributed by atoms with E-state index in [1.165, 1.54) is 12.1 Å². The summed E-state index contributed by atoms with van der Waals surface area (Å²) in [6.07, 6.45) is 0.0152. The van der Waals surface area contributed by atoms with E-state index in [2.05, 4.69) is 0 Å². The van der Waals surface area contributed by atoms with E-state index in [9.17, 15) is 4.39 Å². The molecule has 1 aromatic carbocycles. The van der Waals surface area contributed by atoms with E-state index in [1.807, 2.05) is 13.8 Å². The normalized spacial score (nSPS) is 14.6. The lowest BCUT2D eigenvalue weighted by Crippen LogP contribution is -2.23. The predicted molar refractivity (Wildman–Crippen MR) is 65.2 cm³/mol. The Labute approximate surface area is 102 Å². The van der Waals surface area contributed by atoms with E-state index >= 15 is 0 Å². The first-order valence-electron chi connectivity index (χ1n) is 5.84. The summed E-state index contributed by atoms with van der Waals surface area (Å²) in [5, 5.41) is 0. The van der Waals surface area contributed by atoms with Crippen LogP contribution < -0.4 is 5.73 Å². The molecule has 96 valence electrons. The molecule has 0 aliphatic carbocycles. The van der Waals surface area contributed by atoms with E-state index in [0.29, 0.717) is 19.8 Å². The lowest BCUT2D eigenvalue weighted by atomic mass is 10.1. The summed E-state index contributed by atoms with van der Waals surface area (Å²) in [4.78, 5) is 0. The summed E-state index contributed by atoms with van der Waals surface area (Å²) in [5.41, 5.74) is 6.80. The van der Waals surface area contributed by atoms with E-state index in [-0.39, 0.29) is 18.0 Å². The zero-order valence-electron chi connectivity index (χ0n) is 10.4. The van der Waals surface area contributed by atoms with Crippen LogP contribution in [0.15, 0.2) is 24.3 Å². The van der Waals surface area contributed by atoms with Crippen molar-refractivity contribution in [1.29, 1.82) is 0 Å². The SMILES string of the molecule is CCOCC(C)OCC(N)c1ccc(F)cc1. The molecule has 0 aliphatic rings. The summed E-state index contributed by atoms with van der Waals surface area (Å²) in [6, 6.07) is 5.92. The van der Waals surface area contributed by atoms with Crippen molar-refractivity contribution in [3.8, 4) is 0 Å². The first-order chi connectivity index (χ1) is 8.13. The molecule has 0 heterocycles. The second kappa shape index (κ2) is 7.37. The standard InChI is InChI=1S/C13H20FNO2/c1-3-16-8-10(2)17-9-13(15)11-4-6-12(14)7-5-11/h4-7,10,13H,3,8-9,15H2,1-2H3. The van der Waals surface area contributed by atoms with Gasteiger partial charge in [0.25, 0.3) is 0 Å². The van der Waals surface area contributed by atoms with Gasteiger partial charge in [-0.3, -0.25) is 0 Å². The average Bonchev–Trinajstić information content (AvgIpc) is 2.34. The molecule has 0 saturated heterocycles. The molecule has 0 saturated carbocycles. The second-order valence-electron chi connectivity index (χ2n) is 3.96. The Bertz CT molecular complexity index is 316. The van der Waals surface area contributed by atoms with Crippen LogP contribution in [0.4, 0.5) is 4.39 Å². The highest BCUT2D eigenvalue weighted by molar-refractivity contribution is 5.19. The largest absolute Gasteiger partial charge is 0.379 e. The van der Waals surface area contributed by atoms with Crippen LogP contribution in [0, 0.1) is 5.82 Å². The minimum absolute atomic E-state index is 0.0152. The monoisotopic (exact) mass is 241 g/mol. The van der Waals surface area contributed by atoms with E-state index in [4.69, 9.17) is 15.2 Å².